The molecule has 2 rings (SSSR count). The smallest absolute Gasteiger partial charge is 0.371 e. The maximum Gasteiger partial charge on any atom is 0.371 e. The fourth-order valence-corrected chi connectivity index (χ4v) is 3.22. The highest BCUT2D eigenvalue weighted by Crippen LogP contribution is 1.97. The summed E-state index contributed by atoms with van der Waals surface area (Å²) in [6.07, 6.45) is 0. The van der Waals surface area contributed by atoms with Crippen molar-refractivity contribution >= 4 is 11.9 Å². The summed E-state index contributed by atoms with van der Waals surface area (Å²) < 4.78 is 20.7. The monoisotopic (exact) mass is 318 g/mol. The molecule has 2 fully saturated rings. The summed E-state index contributed by atoms with van der Waals surface area (Å²) in [4.78, 5) is 26.8. The minimum absolute atomic E-state index is 0.369. The van der Waals surface area contributed by atoms with Gasteiger partial charge in [0.1, 0.15) is 26.2 Å². The number of ether oxygens (including phenoxy) is 4. The van der Waals surface area contributed by atoms with Crippen LogP contribution in [0, 0.1) is 0 Å². The molecule has 0 unspecified atom stereocenters. The first-order chi connectivity index (χ1) is 10.7. The zero-order valence-electron chi connectivity index (χ0n) is 13.3. The molecule has 2 aliphatic rings. The van der Waals surface area contributed by atoms with Gasteiger partial charge in [0, 0.05) is 0 Å². The number of methoxy groups -OCH3 is 2. The Morgan fingerprint density at radius 3 is 1.36 bits per heavy atom. The molecule has 0 aromatic rings. The first-order valence-corrected chi connectivity index (χ1v) is 7.69. The fraction of sp³-hybridized carbons (Fsp3) is 0.857. The molecule has 2 heterocycles. The largest absolute Gasteiger partial charge is 0.464 e. The highest BCUT2D eigenvalue weighted by Gasteiger charge is 2.50. The van der Waals surface area contributed by atoms with Crippen molar-refractivity contribution in [3.63, 3.8) is 0 Å². The molecule has 0 aromatic heterocycles. The minimum Gasteiger partial charge on any atom is -0.464 e. The second-order valence-electron chi connectivity index (χ2n) is 5.54. The van der Waals surface area contributed by atoms with Gasteiger partial charge >= 0.3 is 11.9 Å². The number of hydrogen-bond acceptors (Lipinski definition) is 6. The number of esters is 2. The van der Waals surface area contributed by atoms with Crippen LogP contribution in [-0.2, 0) is 28.5 Å². The van der Waals surface area contributed by atoms with Gasteiger partial charge in [0.2, 0.25) is 12.1 Å². The molecule has 2 aliphatic heterocycles. The molecule has 0 spiro atoms. The summed E-state index contributed by atoms with van der Waals surface area (Å²) in [7, 11) is 2.72. The van der Waals surface area contributed by atoms with Gasteiger partial charge in [-0.15, -0.1) is 0 Å². The maximum absolute atomic E-state index is 12.4. The third kappa shape index (κ3) is 3.95. The minimum atomic E-state index is -0.575. The van der Waals surface area contributed by atoms with Crippen molar-refractivity contribution in [2.24, 2.45) is 0 Å². The van der Waals surface area contributed by atoms with Crippen LogP contribution in [0.15, 0.2) is 0 Å². The number of carbonyl (C=O) groups excluding carboxylic acids is 2. The lowest BCUT2D eigenvalue weighted by Crippen LogP contribution is -3.29. The van der Waals surface area contributed by atoms with Crippen LogP contribution in [0.4, 0.5) is 0 Å². The van der Waals surface area contributed by atoms with Crippen molar-refractivity contribution in [2.45, 2.75) is 12.1 Å². The zero-order valence-corrected chi connectivity index (χ0v) is 13.3. The molecule has 22 heavy (non-hydrogen) atoms. The SMILES string of the molecule is COC(=O)[C@H]([C@@H](C(=O)OC)[NH+]1CCOCC1)[NH+]1CCOCC1. The molecule has 8 heteroatoms. The van der Waals surface area contributed by atoms with Crippen LogP contribution in [0.25, 0.3) is 0 Å². The lowest BCUT2D eigenvalue weighted by Gasteiger charge is -2.37. The van der Waals surface area contributed by atoms with E-state index in [0.717, 1.165) is 9.80 Å². The van der Waals surface area contributed by atoms with Gasteiger partial charge in [0.05, 0.1) is 40.6 Å². The summed E-state index contributed by atoms with van der Waals surface area (Å²) in [6.45, 7) is 5.02. The standard InChI is InChI=1S/C14H24N2O6/c1-19-13(17)11(15-3-7-21-8-4-15)12(14(18)20-2)16-5-9-22-10-6-16/h11-12H,3-10H2,1-2H3/p+2/t11-,12-/m0/s1. The Hall–Kier alpha value is -1.22. The second-order valence-corrected chi connectivity index (χ2v) is 5.54. The summed E-state index contributed by atoms with van der Waals surface area (Å²) in [5, 5.41) is 0. The van der Waals surface area contributed by atoms with E-state index in [1.165, 1.54) is 14.2 Å². The fourth-order valence-electron chi connectivity index (χ4n) is 3.22. The lowest BCUT2D eigenvalue weighted by molar-refractivity contribution is -0.988. The molecule has 0 amide bonds. The summed E-state index contributed by atoms with van der Waals surface area (Å²) in [6, 6.07) is -1.15. The quantitative estimate of drug-likeness (QED) is 0.502. The molecular formula is C14H26N2O6+2. The normalized spacial score (nSPS) is 23.5. The van der Waals surface area contributed by atoms with Gasteiger partial charge < -0.3 is 28.7 Å². The van der Waals surface area contributed by atoms with E-state index in [1.807, 2.05) is 0 Å². The Morgan fingerprint density at radius 1 is 0.773 bits per heavy atom. The Kier molecular flexibility index (Phi) is 6.56. The third-order valence-corrected chi connectivity index (χ3v) is 4.39. The summed E-state index contributed by atoms with van der Waals surface area (Å²) in [5.41, 5.74) is 0. The molecular weight excluding hydrogens is 292 g/mol. The van der Waals surface area contributed by atoms with Gasteiger partial charge in [-0.1, -0.05) is 0 Å². The van der Waals surface area contributed by atoms with E-state index in [4.69, 9.17) is 18.9 Å². The summed E-state index contributed by atoms with van der Waals surface area (Å²) >= 11 is 0. The van der Waals surface area contributed by atoms with Crippen LogP contribution in [0.2, 0.25) is 0 Å². The molecule has 0 saturated carbocycles. The van der Waals surface area contributed by atoms with Crippen molar-refractivity contribution in [2.75, 3.05) is 66.8 Å². The number of morpholine rings is 2. The average molecular weight is 318 g/mol. The lowest BCUT2D eigenvalue weighted by atomic mass is 10.0. The van der Waals surface area contributed by atoms with Crippen molar-refractivity contribution in [3.05, 3.63) is 0 Å². The van der Waals surface area contributed by atoms with Crippen molar-refractivity contribution in [1.82, 2.24) is 0 Å². The topological polar surface area (TPSA) is 79.9 Å². The molecule has 0 radical (unpaired) electrons. The predicted octanol–water partition coefficient (Wildman–Crippen LogP) is -4.10. The van der Waals surface area contributed by atoms with E-state index in [1.54, 1.807) is 0 Å². The molecule has 2 N–H and O–H groups in total. The van der Waals surface area contributed by atoms with Crippen LogP contribution in [0.3, 0.4) is 0 Å². The van der Waals surface area contributed by atoms with E-state index in [0.29, 0.717) is 52.6 Å². The van der Waals surface area contributed by atoms with E-state index in [9.17, 15) is 9.59 Å². The van der Waals surface area contributed by atoms with Crippen LogP contribution in [0.5, 0.6) is 0 Å². The Balaban J connectivity index is 2.24. The number of hydrogen-bond donors (Lipinski definition) is 2. The number of rotatable bonds is 5. The van der Waals surface area contributed by atoms with Crippen molar-refractivity contribution < 1.29 is 38.3 Å². The van der Waals surface area contributed by atoms with Gasteiger partial charge in [0.15, 0.2) is 0 Å². The average Bonchev–Trinajstić information content (AvgIpc) is 2.59. The highest BCUT2D eigenvalue weighted by atomic mass is 16.5. The van der Waals surface area contributed by atoms with Gasteiger partial charge in [-0.3, -0.25) is 0 Å². The number of quaternary nitrogens is 2. The molecule has 0 aromatic carbocycles. The van der Waals surface area contributed by atoms with Crippen LogP contribution in [0.1, 0.15) is 0 Å². The Morgan fingerprint density at radius 2 is 1.09 bits per heavy atom. The van der Waals surface area contributed by atoms with E-state index in [-0.39, 0.29) is 11.9 Å². The van der Waals surface area contributed by atoms with E-state index < -0.39 is 12.1 Å². The summed E-state index contributed by atoms with van der Waals surface area (Å²) in [5.74, 6) is -0.738. The predicted molar refractivity (Wildman–Crippen MR) is 74.6 cm³/mol. The van der Waals surface area contributed by atoms with Crippen LogP contribution >= 0.6 is 0 Å². The number of carbonyl (C=O) groups is 2. The van der Waals surface area contributed by atoms with Gasteiger partial charge in [-0.25, -0.2) is 9.59 Å². The molecule has 2 atom stereocenters. The van der Waals surface area contributed by atoms with E-state index in [2.05, 4.69) is 0 Å². The molecule has 126 valence electrons. The third-order valence-electron chi connectivity index (χ3n) is 4.39. The molecule has 0 bridgehead atoms. The van der Waals surface area contributed by atoms with E-state index >= 15 is 0 Å². The van der Waals surface area contributed by atoms with Gasteiger partial charge in [-0.05, 0) is 0 Å². The second kappa shape index (κ2) is 8.42. The highest BCUT2D eigenvalue weighted by molar-refractivity contribution is 5.85. The van der Waals surface area contributed by atoms with Crippen LogP contribution in [-0.4, -0.2) is 90.8 Å². The Labute approximate surface area is 130 Å². The van der Waals surface area contributed by atoms with Crippen molar-refractivity contribution in [3.8, 4) is 0 Å². The van der Waals surface area contributed by atoms with Crippen LogP contribution < -0.4 is 9.80 Å². The maximum atomic E-state index is 12.4. The first-order valence-electron chi connectivity index (χ1n) is 7.69. The molecule has 0 aliphatic carbocycles. The molecule has 8 nitrogen and oxygen atoms in total. The van der Waals surface area contributed by atoms with Gasteiger partial charge in [0.25, 0.3) is 0 Å². The first kappa shape index (κ1) is 17.1. The number of nitrogens with one attached hydrogen (secondary N) is 2. The zero-order chi connectivity index (χ0) is 15.9. The molecule has 2 saturated heterocycles. The Bertz CT molecular complexity index is 344. The van der Waals surface area contributed by atoms with Crippen molar-refractivity contribution in [1.29, 1.82) is 0 Å². The van der Waals surface area contributed by atoms with Gasteiger partial charge in [-0.2, -0.15) is 0 Å².